The van der Waals surface area contributed by atoms with Gasteiger partial charge in [0, 0.05) is 11.8 Å². The molecule has 0 aromatic rings. The Hall–Kier alpha value is -0.180. The Kier molecular flexibility index (Phi) is 4.17. The SMILES string of the molecule is CC1CCC(NC2=N[C@@H](C(C)C)CS2)CC1. The van der Waals surface area contributed by atoms with E-state index in [1.54, 1.807) is 0 Å². The zero-order valence-corrected chi connectivity index (χ0v) is 11.5. The molecule has 1 aliphatic heterocycles. The van der Waals surface area contributed by atoms with Crippen LogP contribution in [0.15, 0.2) is 4.99 Å². The molecule has 0 aromatic carbocycles. The molecule has 1 atom stereocenters. The van der Waals surface area contributed by atoms with Crippen molar-refractivity contribution in [2.45, 2.75) is 58.5 Å². The Morgan fingerprint density at radius 1 is 1.25 bits per heavy atom. The van der Waals surface area contributed by atoms with Gasteiger partial charge in [-0.1, -0.05) is 32.5 Å². The first-order chi connectivity index (χ1) is 7.65. The highest BCUT2D eigenvalue weighted by Gasteiger charge is 2.24. The summed E-state index contributed by atoms with van der Waals surface area (Å²) in [6.45, 7) is 6.90. The summed E-state index contributed by atoms with van der Waals surface area (Å²) in [7, 11) is 0. The van der Waals surface area contributed by atoms with Gasteiger partial charge in [0.2, 0.25) is 0 Å². The van der Waals surface area contributed by atoms with E-state index in [4.69, 9.17) is 4.99 Å². The lowest BCUT2D eigenvalue weighted by Crippen LogP contribution is -2.35. The first kappa shape index (κ1) is 12.3. The molecule has 0 bridgehead atoms. The number of aliphatic imine (C=N–C) groups is 1. The van der Waals surface area contributed by atoms with Crippen LogP contribution in [0.4, 0.5) is 0 Å². The molecule has 1 fully saturated rings. The van der Waals surface area contributed by atoms with Crippen LogP contribution in [-0.4, -0.2) is 23.0 Å². The molecule has 0 unspecified atom stereocenters. The second kappa shape index (κ2) is 5.44. The number of hydrogen-bond donors (Lipinski definition) is 1. The van der Waals surface area contributed by atoms with Crippen LogP contribution in [0.5, 0.6) is 0 Å². The smallest absolute Gasteiger partial charge is 0.157 e. The van der Waals surface area contributed by atoms with Crippen LogP contribution in [-0.2, 0) is 0 Å². The van der Waals surface area contributed by atoms with Crippen LogP contribution >= 0.6 is 11.8 Å². The van der Waals surface area contributed by atoms with Crippen LogP contribution in [0, 0.1) is 11.8 Å². The fraction of sp³-hybridized carbons (Fsp3) is 0.923. The van der Waals surface area contributed by atoms with Gasteiger partial charge in [-0.3, -0.25) is 4.99 Å². The topological polar surface area (TPSA) is 24.4 Å². The lowest BCUT2D eigenvalue weighted by molar-refractivity contribution is 0.331. The van der Waals surface area contributed by atoms with Gasteiger partial charge in [0.15, 0.2) is 5.17 Å². The second-order valence-electron chi connectivity index (χ2n) is 5.66. The third-order valence-electron chi connectivity index (χ3n) is 3.79. The van der Waals surface area contributed by atoms with Gasteiger partial charge < -0.3 is 5.32 Å². The van der Waals surface area contributed by atoms with Gasteiger partial charge in [-0.2, -0.15) is 0 Å². The normalized spacial score (nSPS) is 35.2. The summed E-state index contributed by atoms with van der Waals surface area (Å²) in [5.74, 6) is 2.78. The third-order valence-corrected chi connectivity index (χ3v) is 4.79. The molecule has 3 heteroatoms. The van der Waals surface area contributed by atoms with E-state index >= 15 is 0 Å². The molecule has 0 radical (unpaired) electrons. The Morgan fingerprint density at radius 2 is 1.94 bits per heavy atom. The van der Waals surface area contributed by atoms with E-state index in [1.165, 1.54) is 36.6 Å². The van der Waals surface area contributed by atoms with Gasteiger partial charge >= 0.3 is 0 Å². The van der Waals surface area contributed by atoms with Gasteiger partial charge in [-0.05, 0) is 37.5 Å². The Morgan fingerprint density at radius 3 is 2.50 bits per heavy atom. The molecule has 0 aromatic heterocycles. The van der Waals surface area contributed by atoms with Crippen molar-refractivity contribution in [2.24, 2.45) is 16.8 Å². The van der Waals surface area contributed by atoms with E-state index in [0.29, 0.717) is 18.0 Å². The Balaban J connectivity index is 1.80. The van der Waals surface area contributed by atoms with Gasteiger partial charge in [0.1, 0.15) is 0 Å². The molecule has 0 spiro atoms. The molecule has 1 N–H and O–H groups in total. The predicted octanol–water partition coefficient (Wildman–Crippen LogP) is 3.28. The van der Waals surface area contributed by atoms with E-state index < -0.39 is 0 Å². The maximum absolute atomic E-state index is 4.77. The van der Waals surface area contributed by atoms with Gasteiger partial charge in [-0.25, -0.2) is 0 Å². The van der Waals surface area contributed by atoms with Crippen LogP contribution < -0.4 is 5.32 Å². The van der Waals surface area contributed by atoms with Gasteiger partial charge in [0.25, 0.3) is 0 Å². The maximum Gasteiger partial charge on any atom is 0.157 e. The van der Waals surface area contributed by atoms with Crippen molar-refractivity contribution in [1.82, 2.24) is 5.32 Å². The molecule has 92 valence electrons. The Bertz CT molecular complexity index is 255. The van der Waals surface area contributed by atoms with Crippen molar-refractivity contribution >= 4 is 16.9 Å². The average Bonchev–Trinajstić information content (AvgIpc) is 2.70. The zero-order chi connectivity index (χ0) is 11.5. The first-order valence-corrected chi connectivity index (χ1v) is 7.61. The standard InChI is InChI=1S/C13H24N2S/c1-9(2)12-8-16-13(15-12)14-11-6-4-10(3)5-7-11/h9-12H,4-8H2,1-3H3,(H,14,15)/t10?,11?,12-/m1/s1. The van der Waals surface area contributed by atoms with Crippen molar-refractivity contribution in [3.63, 3.8) is 0 Å². The minimum absolute atomic E-state index is 0.537. The minimum Gasteiger partial charge on any atom is -0.362 e. The van der Waals surface area contributed by atoms with Crippen molar-refractivity contribution in [3.8, 4) is 0 Å². The summed E-state index contributed by atoms with van der Waals surface area (Å²) in [4.78, 5) is 4.77. The van der Waals surface area contributed by atoms with Gasteiger partial charge in [-0.15, -0.1) is 0 Å². The minimum atomic E-state index is 0.537. The quantitative estimate of drug-likeness (QED) is 0.801. The molecule has 2 nitrogen and oxygen atoms in total. The highest BCUT2D eigenvalue weighted by Crippen LogP contribution is 2.26. The van der Waals surface area contributed by atoms with E-state index in [2.05, 4.69) is 26.1 Å². The van der Waals surface area contributed by atoms with E-state index in [-0.39, 0.29) is 0 Å². The summed E-state index contributed by atoms with van der Waals surface area (Å²) in [6, 6.07) is 1.23. The highest BCUT2D eigenvalue weighted by atomic mass is 32.2. The molecular weight excluding hydrogens is 216 g/mol. The summed E-state index contributed by atoms with van der Waals surface area (Å²) >= 11 is 1.91. The molecule has 2 aliphatic rings. The van der Waals surface area contributed by atoms with E-state index in [0.717, 1.165) is 5.92 Å². The van der Waals surface area contributed by atoms with Crippen molar-refractivity contribution in [2.75, 3.05) is 5.75 Å². The number of nitrogens with one attached hydrogen (secondary N) is 1. The largest absolute Gasteiger partial charge is 0.362 e. The summed E-state index contributed by atoms with van der Waals surface area (Å²) < 4.78 is 0. The van der Waals surface area contributed by atoms with Crippen LogP contribution in [0.3, 0.4) is 0 Å². The first-order valence-electron chi connectivity index (χ1n) is 6.62. The van der Waals surface area contributed by atoms with Crippen LogP contribution in [0.2, 0.25) is 0 Å². The maximum atomic E-state index is 4.77. The number of nitrogens with zero attached hydrogens (tertiary/aromatic N) is 1. The number of amidine groups is 1. The molecule has 0 amide bonds. The van der Waals surface area contributed by atoms with Crippen LogP contribution in [0.25, 0.3) is 0 Å². The lowest BCUT2D eigenvalue weighted by Gasteiger charge is -2.27. The van der Waals surface area contributed by atoms with Crippen LogP contribution in [0.1, 0.15) is 46.5 Å². The molecule has 0 saturated heterocycles. The zero-order valence-electron chi connectivity index (χ0n) is 10.7. The summed E-state index contributed by atoms with van der Waals surface area (Å²) in [5, 5.41) is 4.84. The summed E-state index contributed by atoms with van der Waals surface area (Å²) in [5.41, 5.74) is 0. The molecule has 2 rings (SSSR count). The number of hydrogen-bond acceptors (Lipinski definition) is 3. The van der Waals surface area contributed by atoms with Gasteiger partial charge in [0.05, 0.1) is 6.04 Å². The summed E-state index contributed by atoms with van der Waals surface area (Å²) in [6.07, 6.45) is 5.41. The molecule has 1 saturated carbocycles. The fourth-order valence-corrected chi connectivity index (χ4v) is 3.64. The second-order valence-corrected chi connectivity index (χ2v) is 6.67. The third kappa shape index (κ3) is 3.16. The van der Waals surface area contributed by atoms with E-state index in [9.17, 15) is 0 Å². The Labute approximate surface area is 104 Å². The van der Waals surface area contributed by atoms with Crippen molar-refractivity contribution in [1.29, 1.82) is 0 Å². The number of rotatable bonds is 2. The monoisotopic (exact) mass is 240 g/mol. The molecule has 1 heterocycles. The predicted molar refractivity (Wildman–Crippen MR) is 73.1 cm³/mol. The van der Waals surface area contributed by atoms with E-state index in [1.807, 2.05) is 11.8 Å². The molecular formula is C13H24N2S. The number of thioether (sulfide) groups is 1. The lowest BCUT2D eigenvalue weighted by atomic mass is 9.87. The van der Waals surface area contributed by atoms with Crippen molar-refractivity contribution < 1.29 is 0 Å². The van der Waals surface area contributed by atoms with Crippen molar-refractivity contribution in [3.05, 3.63) is 0 Å². The highest BCUT2D eigenvalue weighted by molar-refractivity contribution is 8.14. The molecule has 1 aliphatic carbocycles. The fourth-order valence-electron chi connectivity index (χ4n) is 2.39. The average molecular weight is 240 g/mol. The molecule has 16 heavy (non-hydrogen) atoms.